The number of rotatable bonds is 11. The molecule has 0 spiro atoms. The van der Waals surface area contributed by atoms with Crippen LogP contribution in [0.2, 0.25) is 0 Å². The molecule has 4 heteroatoms. The van der Waals surface area contributed by atoms with Crippen LogP contribution in [0, 0.1) is 17.7 Å². The molecule has 3 nitrogen and oxygen atoms in total. The molecule has 0 radical (unpaired) electrons. The first-order chi connectivity index (χ1) is 18.7. The Bertz CT molecular complexity index is 1120. The van der Waals surface area contributed by atoms with Crippen molar-refractivity contribution >= 4 is 0 Å². The van der Waals surface area contributed by atoms with E-state index >= 15 is 0 Å². The van der Waals surface area contributed by atoms with Crippen LogP contribution in [0.15, 0.2) is 91.0 Å². The maximum Gasteiger partial charge on any atom is 0.123 e. The van der Waals surface area contributed by atoms with Crippen LogP contribution in [0.1, 0.15) is 42.4 Å². The maximum absolute atomic E-state index is 13.0. The van der Waals surface area contributed by atoms with Crippen LogP contribution in [0.25, 0.3) is 0 Å². The van der Waals surface area contributed by atoms with Gasteiger partial charge in [-0.2, -0.15) is 0 Å². The van der Waals surface area contributed by atoms with E-state index in [0.717, 1.165) is 63.8 Å². The van der Waals surface area contributed by atoms with Gasteiger partial charge in [-0.15, -0.1) is 0 Å². The van der Waals surface area contributed by atoms with E-state index in [-0.39, 0.29) is 5.82 Å². The predicted molar refractivity (Wildman–Crippen MR) is 154 cm³/mol. The van der Waals surface area contributed by atoms with Gasteiger partial charge in [0.15, 0.2) is 0 Å². The zero-order chi connectivity index (χ0) is 26.0. The van der Waals surface area contributed by atoms with Crippen LogP contribution >= 0.6 is 0 Å². The van der Waals surface area contributed by atoms with Crippen molar-refractivity contribution in [1.82, 2.24) is 9.80 Å². The van der Waals surface area contributed by atoms with Gasteiger partial charge in [0.2, 0.25) is 0 Å². The fourth-order valence-corrected chi connectivity index (χ4v) is 5.84. The molecule has 3 aromatic rings. The molecule has 200 valence electrons. The highest BCUT2D eigenvalue weighted by Gasteiger charge is 2.19. The lowest BCUT2D eigenvalue weighted by Gasteiger charge is -2.34. The van der Waals surface area contributed by atoms with Crippen molar-refractivity contribution in [3.05, 3.63) is 114 Å². The van der Waals surface area contributed by atoms with Gasteiger partial charge in [0.1, 0.15) is 11.6 Å². The third-order valence-corrected chi connectivity index (χ3v) is 7.99. The lowest BCUT2D eigenvalue weighted by molar-refractivity contribution is 0.122. The molecule has 1 fully saturated rings. The fraction of sp³-hybridized carbons (Fsp3) is 0.412. The van der Waals surface area contributed by atoms with Gasteiger partial charge in [-0.25, -0.2) is 4.39 Å². The molecular weight excluding hydrogens is 471 g/mol. The summed E-state index contributed by atoms with van der Waals surface area (Å²) in [4.78, 5) is 5.16. The van der Waals surface area contributed by atoms with Crippen LogP contribution in [0.5, 0.6) is 5.75 Å². The summed E-state index contributed by atoms with van der Waals surface area (Å²) in [5.74, 6) is 1.87. The minimum absolute atomic E-state index is 0.222. The minimum atomic E-state index is -0.222. The molecule has 1 aliphatic carbocycles. The molecule has 2 atom stereocenters. The van der Waals surface area contributed by atoms with E-state index in [2.05, 4.69) is 76.5 Å². The summed E-state index contributed by atoms with van der Waals surface area (Å²) in [6.45, 7) is 7.35. The first-order valence-corrected chi connectivity index (χ1v) is 14.3. The molecule has 0 amide bonds. The van der Waals surface area contributed by atoms with Gasteiger partial charge in [0.25, 0.3) is 0 Å². The fourth-order valence-electron chi connectivity index (χ4n) is 5.84. The third-order valence-electron chi connectivity index (χ3n) is 7.99. The van der Waals surface area contributed by atoms with Crippen molar-refractivity contribution < 1.29 is 9.13 Å². The molecule has 0 aromatic heterocycles. The Balaban J connectivity index is 0.999. The van der Waals surface area contributed by atoms with Crippen LogP contribution in [-0.4, -0.2) is 42.6 Å². The summed E-state index contributed by atoms with van der Waals surface area (Å²) in [6.07, 6.45) is 10.6. The molecule has 1 aliphatic heterocycles. The average Bonchev–Trinajstić information content (AvgIpc) is 2.95. The lowest BCUT2D eigenvalue weighted by atomic mass is 9.81. The zero-order valence-electron chi connectivity index (χ0n) is 22.5. The van der Waals surface area contributed by atoms with Gasteiger partial charge in [-0.1, -0.05) is 66.7 Å². The number of allylic oxidation sites excluding steroid dienone is 2. The smallest absolute Gasteiger partial charge is 0.123 e. The second-order valence-corrected chi connectivity index (χ2v) is 11.0. The average molecular weight is 513 g/mol. The van der Waals surface area contributed by atoms with Gasteiger partial charge >= 0.3 is 0 Å². The Morgan fingerprint density at radius 1 is 0.737 bits per heavy atom. The van der Waals surface area contributed by atoms with E-state index in [1.54, 1.807) is 12.1 Å². The summed E-state index contributed by atoms with van der Waals surface area (Å²) in [6, 6.07) is 26.5. The number of halogens is 1. The van der Waals surface area contributed by atoms with Crippen LogP contribution in [0.3, 0.4) is 0 Å². The Morgan fingerprint density at radius 2 is 1.37 bits per heavy atom. The molecule has 0 N–H and O–H groups in total. The van der Waals surface area contributed by atoms with E-state index in [9.17, 15) is 4.39 Å². The van der Waals surface area contributed by atoms with Crippen molar-refractivity contribution in [2.45, 2.75) is 45.2 Å². The highest BCUT2D eigenvalue weighted by atomic mass is 19.1. The lowest BCUT2D eigenvalue weighted by Crippen LogP contribution is -2.45. The SMILES string of the molecule is Fc1ccc(OCCCC2CC=CC(Cc3ccc(CN4CCN(Cc5ccccc5)CC4)cc3)C2)cc1. The van der Waals surface area contributed by atoms with Crippen molar-refractivity contribution in [1.29, 1.82) is 0 Å². The van der Waals surface area contributed by atoms with Gasteiger partial charge in [-0.3, -0.25) is 9.80 Å². The Labute approximate surface area is 227 Å². The zero-order valence-corrected chi connectivity index (χ0v) is 22.5. The van der Waals surface area contributed by atoms with Gasteiger partial charge < -0.3 is 4.74 Å². The predicted octanol–water partition coefficient (Wildman–Crippen LogP) is 7.13. The van der Waals surface area contributed by atoms with Crippen LogP contribution < -0.4 is 4.74 Å². The number of benzene rings is 3. The Kier molecular flexibility index (Phi) is 9.63. The molecular formula is C34H41FN2O. The van der Waals surface area contributed by atoms with E-state index in [1.165, 1.54) is 48.1 Å². The molecule has 2 aliphatic rings. The highest BCUT2D eigenvalue weighted by Crippen LogP contribution is 2.29. The molecule has 2 unspecified atom stereocenters. The number of nitrogens with zero attached hydrogens (tertiary/aromatic N) is 2. The maximum atomic E-state index is 13.0. The van der Waals surface area contributed by atoms with Gasteiger partial charge in [0.05, 0.1) is 6.61 Å². The Hall–Kier alpha value is -2.95. The first kappa shape index (κ1) is 26.6. The number of piperazine rings is 1. The second kappa shape index (κ2) is 13.7. The topological polar surface area (TPSA) is 15.7 Å². The summed E-state index contributed by atoms with van der Waals surface area (Å²) >= 11 is 0. The van der Waals surface area contributed by atoms with E-state index in [4.69, 9.17) is 4.74 Å². The molecule has 0 bridgehead atoms. The van der Waals surface area contributed by atoms with E-state index in [0.29, 0.717) is 12.5 Å². The first-order valence-electron chi connectivity index (χ1n) is 14.3. The summed E-state index contributed by atoms with van der Waals surface area (Å²) in [7, 11) is 0. The number of hydrogen-bond donors (Lipinski definition) is 0. The minimum Gasteiger partial charge on any atom is -0.494 e. The highest BCUT2D eigenvalue weighted by molar-refractivity contribution is 5.24. The van der Waals surface area contributed by atoms with Crippen LogP contribution in [-0.2, 0) is 19.5 Å². The van der Waals surface area contributed by atoms with Crippen molar-refractivity contribution in [2.75, 3.05) is 32.8 Å². The van der Waals surface area contributed by atoms with Crippen molar-refractivity contribution in [3.8, 4) is 5.75 Å². The standard InChI is InChI=1S/C34H41FN2O/c35-33-15-17-34(18-16-33)38-23-5-10-28-8-4-9-32(24-28)25-29-11-13-31(14-12-29)27-37-21-19-36(20-22-37)26-30-6-2-1-3-7-30/h1-4,6-7,9,11-18,28,32H,5,8,10,19-27H2. The third kappa shape index (κ3) is 8.28. The summed E-state index contributed by atoms with van der Waals surface area (Å²) < 4.78 is 18.8. The largest absolute Gasteiger partial charge is 0.494 e. The van der Waals surface area contributed by atoms with Crippen molar-refractivity contribution in [2.24, 2.45) is 11.8 Å². The second-order valence-electron chi connectivity index (χ2n) is 11.0. The van der Waals surface area contributed by atoms with Gasteiger partial charge in [-0.05, 0) is 84.9 Å². The molecule has 3 aromatic carbocycles. The van der Waals surface area contributed by atoms with Crippen LogP contribution in [0.4, 0.5) is 4.39 Å². The quantitative estimate of drug-likeness (QED) is 0.201. The Morgan fingerprint density at radius 3 is 2.05 bits per heavy atom. The van der Waals surface area contributed by atoms with Gasteiger partial charge in [0, 0.05) is 39.3 Å². The summed E-state index contributed by atoms with van der Waals surface area (Å²) in [5, 5.41) is 0. The molecule has 0 saturated carbocycles. The normalized spacial score (nSPS) is 20.4. The molecule has 1 saturated heterocycles. The number of ether oxygens (including phenoxy) is 1. The molecule has 5 rings (SSSR count). The molecule has 1 heterocycles. The number of hydrogen-bond acceptors (Lipinski definition) is 3. The van der Waals surface area contributed by atoms with Crippen molar-refractivity contribution in [3.63, 3.8) is 0 Å². The van der Waals surface area contributed by atoms with E-state index < -0.39 is 0 Å². The summed E-state index contributed by atoms with van der Waals surface area (Å²) in [5.41, 5.74) is 4.27. The van der Waals surface area contributed by atoms with E-state index in [1.807, 2.05) is 0 Å². The monoisotopic (exact) mass is 512 g/mol. The molecule has 38 heavy (non-hydrogen) atoms.